The molecule has 0 heterocycles. The van der Waals surface area contributed by atoms with Crippen molar-refractivity contribution in [2.75, 3.05) is 0 Å². The van der Waals surface area contributed by atoms with Gasteiger partial charge in [0.1, 0.15) is 0 Å². The lowest BCUT2D eigenvalue weighted by molar-refractivity contribution is 1.46. The highest BCUT2D eigenvalue weighted by atomic mass is 14.1. The Bertz CT molecular complexity index is 1280. The third-order valence-electron chi connectivity index (χ3n) is 5.98. The van der Waals surface area contributed by atoms with E-state index in [0.29, 0.717) is 0 Å². The van der Waals surface area contributed by atoms with E-state index in [1.165, 1.54) is 55.6 Å². The van der Waals surface area contributed by atoms with Crippen LogP contribution < -0.4 is 0 Å². The normalized spacial score (nSPS) is 10.8. The molecule has 0 aromatic heterocycles. The minimum Gasteiger partial charge on any atom is -0.0616 e. The van der Waals surface area contributed by atoms with Gasteiger partial charge in [0.2, 0.25) is 0 Å². The molecule has 0 aliphatic heterocycles. The van der Waals surface area contributed by atoms with Crippen LogP contribution in [0.1, 0.15) is 11.1 Å². The number of benzene rings is 5. The van der Waals surface area contributed by atoms with Gasteiger partial charge in [-0.25, -0.2) is 0 Å². The van der Waals surface area contributed by atoms with Gasteiger partial charge in [-0.15, -0.1) is 0 Å². The molecule has 0 atom stereocenters. The van der Waals surface area contributed by atoms with E-state index in [-0.39, 0.29) is 0 Å². The van der Waals surface area contributed by atoms with Crippen LogP contribution in [0.5, 0.6) is 0 Å². The molecule has 0 nitrogen and oxygen atoms in total. The van der Waals surface area contributed by atoms with Gasteiger partial charge in [0.25, 0.3) is 0 Å². The third-order valence-corrected chi connectivity index (χ3v) is 5.98. The van der Waals surface area contributed by atoms with Gasteiger partial charge >= 0.3 is 0 Å². The molecule has 5 rings (SSSR count). The summed E-state index contributed by atoms with van der Waals surface area (Å²) in [4.78, 5) is 0. The first kappa shape index (κ1) is 20.0. The summed E-state index contributed by atoms with van der Waals surface area (Å²) in [5.74, 6) is 0. The zero-order valence-corrected chi connectivity index (χ0v) is 18.5. The predicted molar refractivity (Wildman–Crippen MR) is 138 cm³/mol. The second kappa shape index (κ2) is 8.69. The van der Waals surface area contributed by atoms with Gasteiger partial charge in [-0.1, -0.05) is 120 Å². The highest BCUT2D eigenvalue weighted by molar-refractivity contribution is 5.86. The molecule has 0 unspecified atom stereocenters. The lowest BCUT2D eigenvalue weighted by atomic mass is 9.91. The van der Waals surface area contributed by atoms with Crippen molar-refractivity contribution < 1.29 is 0 Å². The van der Waals surface area contributed by atoms with Crippen LogP contribution >= 0.6 is 0 Å². The predicted octanol–water partition coefficient (Wildman–Crippen LogP) is 8.97. The minimum atomic E-state index is 1.24. The molecule has 0 radical (unpaired) electrons. The Hall–Kier alpha value is -3.90. The lowest BCUT2D eigenvalue weighted by Crippen LogP contribution is -1.88. The summed E-state index contributed by atoms with van der Waals surface area (Å²) >= 11 is 0. The molecule has 0 saturated heterocycles. The Balaban J connectivity index is 1.59. The molecule has 0 N–H and O–H groups in total. The van der Waals surface area contributed by atoms with Crippen molar-refractivity contribution in [3.63, 3.8) is 0 Å². The summed E-state index contributed by atoms with van der Waals surface area (Å²) in [6.45, 7) is 4.29. The van der Waals surface area contributed by atoms with Gasteiger partial charge in [0, 0.05) is 0 Å². The summed E-state index contributed by atoms with van der Waals surface area (Å²) in [6, 6.07) is 43.8. The van der Waals surface area contributed by atoms with Gasteiger partial charge in [0.15, 0.2) is 0 Å². The van der Waals surface area contributed by atoms with E-state index >= 15 is 0 Å². The second-order valence-electron chi connectivity index (χ2n) is 8.45. The van der Waals surface area contributed by atoms with Crippen molar-refractivity contribution in [3.8, 4) is 44.5 Å². The maximum atomic E-state index is 2.30. The second-order valence-corrected chi connectivity index (χ2v) is 8.45. The van der Waals surface area contributed by atoms with Crippen LogP contribution in [0, 0.1) is 13.8 Å². The first-order valence-corrected chi connectivity index (χ1v) is 11.1. The van der Waals surface area contributed by atoms with Gasteiger partial charge in [-0.2, -0.15) is 0 Å². The van der Waals surface area contributed by atoms with Gasteiger partial charge in [-0.05, 0) is 70.5 Å². The number of hydrogen-bond donors (Lipinski definition) is 0. The standard InChI is InChI=1S/C32H26/c1-23-9-5-11-25(19-23)27-13-7-15-29(21-27)31-17-3-4-18-32(31)30-16-8-14-28(22-30)26-12-6-10-24(2)20-26/h3-22H,1-2H3. The smallest absolute Gasteiger partial charge is 0.0105 e. The maximum absolute atomic E-state index is 2.30. The lowest BCUT2D eigenvalue weighted by Gasteiger charge is -2.13. The Morgan fingerprint density at radius 3 is 1.06 bits per heavy atom. The SMILES string of the molecule is Cc1cccc(-c2cccc(-c3ccccc3-c3cccc(-c4cccc(C)c4)c3)c2)c1. The molecule has 0 amide bonds. The first-order valence-electron chi connectivity index (χ1n) is 11.1. The van der Waals surface area contributed by atoms with E-state index in [2.05, 4.69) is 135 Å². The monoisotopic (exact) mass is 410 g/mol. The number of hydrogen-bond acceptors (Lipinski definition) is 0. The summed E-state index contributed by atoms with van der Waals surface area (Å²) in [6.07, 6.45) is 0. The van der Waals surface area contributed by atoms with Crippen molar-refractivity contribution in [1.82, 2.24) is 0 Å². The zero-order valence-electron chi connectivity index (χ0n) is 18.5. The fourth-order valence-corrected chi connectivity index (χ4v) is 4.37. The fourth-order valence-electron chi connectivity index (χ4n) is 4.37. The Labute approximate surface area is 190 Å². The van der Waals surface area contributed by atoms with Crippen LogP contribution in [0.3, 0.4) is 0 Å². The molecule has 0 spiro atoms. The van der Waals surface area contributed by atoms with E-state index < -0.39 is 0 Å². The highest BCUT2D eigenvalue weighted by Gasteiger charge is 2.10. The van der Waals surface area contributed by atoms with Crippen molar-refractivity contribution in [2.24, 2.45) is 0 Å². The van der Waals surface area contributed by atoms with Crippen molar-refractivity contribution in [1.29, 1.82) is 0 Å². The molecule has 32 heavy (non-hydrogen) atoms. The molecule has 0 aliphatic carbocycles. The summed E-state index contributed by atoms with van der Waals surface area (Å²) < 4.78 is 0. The first-order chi connectivity index (χ1) is 15.7. The van der Waals surface area contributed by atoms with E-state index in [0.717, 1.165) is 0 Å². The molecule has 0 aliphatic rings. The largest absolute Gasteiger partial charge is 0.0616 e. The molecule has 0 saturated carbocycles. The Kier molecular flexibility index (Phi) is 5.44. The van der Waals surface area contributed by atoms with Crippen molar-refractivity contribution in [3.05, 3.63) is 132 Å². The molecule has 5 aromatic carbocycles. The summed E-state index contributed by atoms with van der Waals surface area (Å²) in [5.41, 5.74) is 12.5. The van der Waals surface area contributed by atoms with E-state index in [1.54, 1.807) is 0 Å². The quantitative estimate of drug-likeness (QED) is 0.277. The van der Waals surface area contributed by atoms with Crippen LogP contribution in [0.15, 0.2) is 121 Å². The minimum absolute atomic E-state index is 1.24. The van der Waals surface area contributed by atoms with Gasteiger partial charge in [-0.3, -0.25) is 0 Å². The molecule has 0 bridgehead atoms. The molecular formula is C32H26. The average Bonchev–Trinajstić information content (AvgIpc) is 2.84. The van der Waals surface area contributed by atoms with Crippen LogP contribution in [-0.4, -0.2) is 0 Å². The van der Waals surface area contributed by atoms with Crippen LogP contribution in [0.4, 0.5) is 0 Å². The number of aryl methyl sites for hydroxylation is 2. The number of rotatable bonds is 4. The zero-order chi connectivity index (χ0) is 21.9. The summed E-state index contributed by atoms with van der Waals surface area (Å²) in [7, 11) is 0. The van der Waals surface area contributed by atoms with Crippen molar-refractivity contribution in [2.45, 2.75) is 13.8 Å². The van der Waals surface area contributed by atoms with Crippen LogP contribution in [0.2, 0.25) is 0 Å². The third kappa shape index (κ3) is 4.13. The maximum Gasteiger partial charge on any atom is -0.0105 e. The highest BCUT2D eigenvalue weighted by Crippen LogP contribution is 2.35. The van der Waals surface area contributed by atoms with Gasteiger partial charge < -0.3 is 0 Å². The Morgan fingerprint density at radius 2 is 0.656 bits per heavy atom. The molecule has 5 aromatic rings. The van der Waals surface area contributed by atoms with Crippen molar-refractivity contribution >= 4 is 0 Å². The van der Waals surface area contributed by atoms with E-state index in [9.17, 15) is 0 Å². The molecular weight excluding hydrogens is 384 g/mol. The fraction of sp³-hybridized carbons (Fsp3) is 0.0625. The Morgan fingerprint density at radius 1 is 0.312 bits per heavy atom. The topological polar surface area (TPSA) is 0 Å². The molecule has 0 fully saturated rings. The van der Waals surface area contributed by atoms with Gasteiger partial charge in [0.05, 0.1) is 0 Å². The average molecular weight is 411 g/mol. The molecule has 0 heteroatoms. The van der Waals surface area contributed by atoms with E-state index in [4.69, 9.17) is 0 Å². The van der Waals surface area contributed by atoms with Crippen LogP contribution in [0.25, 0.3) is 44.5 Å². The van der Waals surface area contributed by atoms with E-state index in [1.807, 2.05) is 0 Å². The van der Waals surface area contributed by atoms with Crippen LogP contribution in [-0.2, 0) is 0 Å². The molecule has 154 valence electrons. The summed E-state index contributed by atoms with van der Waals surface area (Å²) in [5, 5.41) is 0.